The Morgan fingerprint density at radius 3 is 2.29 bits per heavy atom. The first-order valence-electron chi connectivity index (χ1n) is 5.90. The van der Waals surface area contributed by atoms with E-state index in [9.17, 15) is 14.7 Å². The van der Waals surface area contributed by atoms with Gasteiger partial charge < -0.3 is 20.4 Å². The number of aliphatic carboxylic acids is 1. The smallest absolute Gasteiger partial charge is 0.328 e. The van der Waals surface area contributed by atoms with Gasteiger partial charge in [-0.2, -0.15) is 0 Å². The van der Waals surface area contributed by atoms with Crippen molar-refractivity contribution >= 4 is 12.0 Å². The van der Waals surface area contributed by atoms with Crippen LogP contribution >= 0.6 is 0 Å². The minimum Gasteiger partial charge on any atom is -0.480 e. The topological polar surface area (TPSA) is 89.9 Å². The van der Waals surface area contributed by atoms with Crippen LogP contribution in [0.2, 0.25) is 0 Å². The predicted molar refractivity (Wildman–Crippen MR) is 63.8 cm³/mol. The van der Waals surface area contributed by atoms with Crippen LogP contribution in [-0.4, -0.2) is 52.3 Å². The predicted octanol–water partition coefficient (Wildman–Crippen LogP) is 0.652. The van der Waals surface area contributed by atoms with Crippen molar-refractivity contribution in [3.63, 3.8) is 0 Å². The number of hydrogen-bond donors (Lipinski definition) is 3. The Bertz CT molecular complexity index is 256. The molecule has 3 N–H and O–H groups in total. The molecule has 2 amide bonds. The van der Waals surface area contributed by atoms with Gasteiger partial charge in [0.2, 0.25) is 0 Å². The number of unbranched alkanes of at least 4 members (excludes halogenated alkanes) is 1. The van der Waals surface area contributed by atoms with Gasteiger partial charge in [0.25, 0.3) is 0 Å². The molecule has 0 rings (SSSR count). The molecule has 0 aliphatic carbocycles. The number of aliphatic hydroxyl groups excluding tert-OH is 1. The lowest BCUT2D eigenvalue weighted by Gasteiger charge is -2.24. The molecule has 17 heavy (non-hydrogen) atoms. The van der Waals surface area contributed by atoms with Gasteiger partial charge in [-0.3, -0.25) is 0 Å². The summed E-state index contributed by atoms with van der Waals surface area (Å²) >= 11 is 0. The van der Waals surface area contributed by atoms with Crippen molar-refractivity contribution in [2.75, 3.05) is 13.1 Å². The van der Waals surface area contributed by atoms with Crippen molar-refractivity contribution < 1.29 is 19.8 Å². The number of hydrogen-bond acceptors (Lipinski definition) is 3. The van der Waals surface area contributed by atoms with Gasteiger partial charge in [0, 0.05) is 13.1 Å². The molecule has 0 aliphatic heterocycles. The summed E-state index contributed by atoms with van der Waals surface area (Å²) in [6.07, 6.45) is 0.706. The summed E-state index contributed by atoms with van der Waals surface area (Å²) in [7, 11) is 0. The number of carboxylic acids is 1. The minimum atomic E-state index is -1.27. The third-order valence-electron chi connectivity index (χ3n) is 2.48. The van der Waals surface area contributed by atoms with Crippen LogP contribution in [-0.2, 0) is 4.79 Å². The number of carboxylic acid groups (broad SMARTS) is 1. The Kier molecular flexibility index (Phi) is 7.29. The first-order valence-corrected chi connectivity index (χ1v) is 5.90. The molecule has 0 bridgehead atoms. The molecule has 0 aliphatic rings. The van der Waals surface area contributed by atoms with Crippen LogP contribution in [0, 0.1) is 0 Å². The molecule has 0 heterocycles. The molecule has 0 aromatic rings. The Morgan fingerprint density at radius 2 is 1.94 bits per heavy atom. The fourth-order valence-electron chi connectivity index (χ4n) is 1.37. The summed E-state index contributed by atoms with van der Waals surface area (Å²) in [4.78, 5) is 24.1. The van der Waals surface area contributed by atoms with Crippen LogP contribution in [0.1, 0.15) is 33.6 Å². The number of nitrogens with zero attached hydrogens (tertiary/aromatic N) is 1. The Morgan fingerprint density at radius 1 is 1.35 bits per heavy atom. The Balaban J connectivity index is 4.41. The highest BCUT2D eigenvalue weighted by atomic mass is 16.4. The molecule has 0 aromatic carbocycles. The zero-order valence-corrected chi connectivity index (χ0v) is 10.6. The van der Waals surface area contributed by atoms with E-state index in [4.69, 9.17) is 5.11 Å². The first kappa shape index (κ1) is 15.7. The molecule has 6 heteroatoms. The maximum absolute atomic E-state index is 11.7. The normalized spacial score (nSPS) is 13.9. The summed E-state index contributed by atoms with van der Waals surface area (Å²) in [5.41, 5.74) is 0. The van der Waals surface area contributed by atoms with Crippen molar-refractivity contribution in [1.29, 1.82) is 0 Å². The van der Waals surface area contributed by atoms with Crippen LogP contribution in [0.3, 0.4) is 0 Å². The number of carbonyl (C=O) groups is 2. The second kappa shape index (κ2) is 7.89. The maximum Gasteiger partial charge on any atom is 0.328 e. The van der Waals surface area contributed by atoms with E-state index in [1.165, 1.54) is 11.8 Å². The van der Waals surface area contributed by atoms with E-state index in [1.54, 1.807) is 0 Å². The van der Waals surface area contributed by atoms with Crippen molar-refractivity contribution in [3.8, 4) is 0 Å². The van der Waals surface area contributed by atoms with Crippen LogP contribution in [0.25, 0.3) is 0 Å². The number of rotatable bonds is 7. The quantitative estimate of drug-likeness (QED) is 0.615. The Labute approximate surface area is 102 Å². The van der Waals surface area contributed by atoms with Gasteiger partial charge in [0.1, 0.15) is 0 Å². The second-order valence-corrected chi connectivity index (χ2v) is 3.94. The molecule has 0 spiro atoms. The van der Waals surface area contributed by atoms with Crippen LogP contribution in [0.15, 0.2) is 0 Å². The van der Waals surface area contributed by atoms with Crippen LogP contribution < -0.4 is 5.32 Å². The minimum absolute atomic E-state index is 0.450. The lowest BCUT2D eigenvalue weighted by Crippen LogP contribution is -2.52. The van der Waals surface area contributed by atoms with E-state index in [2.05, 4.69) is 5.32 Å². The number of aliphatic hydroxyl groups is 1. The second-order valence-electron chi connectivity index (χ2n) is 3.94. The highest BCUT2D eigenvalue weighted by molar-refractivity contribution is 5.83. The third kappa shape index (κ3) is 5.53. The highest BCUT2D eigenvalue weighted by Crippen LogP contribution is 1.99. The van der Waals surface area contributed by atoms with Gasteiger partial charge in [0.15, 0.2) is 6.04 Å². The molecule has 0 fully saturated rings. The molecule has 2 atom stereocenters. The van der Waals surface area contributed by atoms with Gasteiger partial charge in [0.05, 0.1) is 6.10 Å². The SMILES string of the molecule is CCCCN(CC)C(=O)N[C@H](C(=O)O)[C@@H](C)O. The van der Waals surface area contributed by atoms with Crippen molar-refractivity contribution in [2.45, 2.75) is 45.8 Å². The van der Waals surface area contributed by atoms with E-state index in [-0.39, 0.29) is 0 Å². The van der Waals surface area contributed by atoms with Gasteiger partial charge in [-0.1, -0.05) is 13.3 Å². The molecule has 0 radical (unpaired) electrons. The number of amides is 2. The fourth-order valence-corrected chi connectivity index (χ4v) is 1.37. The largest absolute Gasteiger partial charge is 0.480 e. The van der Waals surface area contributed by atoms with Gasteiger partial charge >= 0.3 is 12.0 Å². The van der Waals surface area contributed by atoms with E-state index in [0.29, 0.717) is 13.1 Å². The lowest BCUT2D eigenvalue weighted by atomic mass is 10.2. The van der Waals surface area contributed by atoms with Crippen molar-refractivity contribution in [3.05, 3.63) is 0 Å². The summed E-state index contributed by atoms with van der Waals surface area (Å²) in [5.74, 6) is -1.24. The average Bonchev–Trinajstić information content (AvgIpc) is 2.26. The fraction of sp³-hybridized carbons (Fsp3) is 0.818. The third-order valence-corrected chi connectivity index (χ3v) is 2.48. The average molecular weight is 246 g/mol. The standard InChI is InChI=1S/C11H22N2O4/c1-4-6-7-13(5-2)11(17)12-9(8(3)14)10(15)16/h8-9,14H,4-7H2,1-3H3,(H,12,17)(H,15,16)/t8-,9+/m1/s1. The van der Waals surface area contributed by atoms with Gasteiger partial charge in [-0.05, 0) is 20.3 Å². The molecule has 6 nitrogen and oxygen atoms in total. The van der Waals surface area contributed by atoms with E-state index >= 15 is 0 Å². The van der Waals surface area contributed by atoms with Crippen LogP contribution in [0.5, 0.6) is 0 Å². The molecular weight excluding hydrogens is 224 g/mol. The zero-order chi connectivity index (χ0) is 13.4. The molecule has 0 unspecified atom stereocenters. The molecule has 0 aromatic heterocycles. The van der Waals surface area contributed by atoms with E-state index < -0.39 is 24.1 Å². The highest BCUT2D eigenvalue weighted by Gasteiger charge is 2.26. The molecule has 0 saturated carbocycles. The van der Waals surface area contributed by atoms with E-state index in [1.807, 2.05) is 13.8 Å². The summed E-state index contributed by atoms with van der Waals surface area (Å²) < 4.78 is 0. The summed E-state index contributed by atoms with van der Waals surface area (Å²) in [6.45, 7) is 6.28. The molecular formula is C11H22N2O4. The number of nitrogens with one attached hydrogen (secondary N) is 1. The summed E-state index contributed by atoms with van der Waals surface area (Å²) in [5, 5.41) is 20.4. The van der Waals surface area contributed by atoms with E-state index in [0.717, 1.165) is 12.8 Å². The molecule has 0 saturated heterocycles. The number of carbonyl (C=O) groups excluding carboxylic acids is 1. The summed E-state index contributed by atoms with van der Waals surface area (Å²) in [6, 6.07) is -1.72. The first-order chi connectivity index (χ1) is 7.93. The van der Waals surface area contributed by atoms with Gasteiger partial charge in [-0.15, -0.1) is 0 Å². The monoisotopic (exact) mass is 246 g/mol. The van der Waals surface area contributed by atoms with Gasteiger partial charge in [-0.25, -0.2) is 9.59 Å². The van der Waals surface area contributed by atoms with Crippen molar-refractivity contribution in [1.82, 2.24) is 10.2 Å². The van der Waals surface area contributed by atoms with Crippen molar-refractivity contribution in [2.24, 2.45) is 0 Å². The number of urea groups is 1. The molecule has 100 valence electrons. The zero-order valence-electron chi connectivity index (χ0n) is 10.6. The Hall–Kier alpha value is -1.30. The maximum atomic E-state index is 11.7. The lowest BCUT2D eigenvalue weighted by molar-refractivity contribution is -0.141. The van der Waals surface area contributed by atoms with Crippen LogP contribution in [0.4, 0.5) is 4.79 Å².